The molecule has 0 saturated carbocycles. The van der Waals surface area contributed by atoms with E-state index >= 15 is 0 Å². The number of carbonyl (C=O) groups is 2. The zero-order valence-electron chi connectivity index (χ0n) is 10.6. The van der Waals surface area contributed by atoms with Gasteiger partial charge >= 0.3 is 35.8 Å². The van der Waals surface area contributed by atoms with Crippen molar-refractivity contribution in [1.82, 2.24) is 0 Å². The maximum absolute atomic E-state index is 13.0. The number of aliphatic carboxylic acids is 1. The van der Waals surface area contributed by atoms with Gasteiger partial charge in [-0.3, -0.25) is 0 Å². The van der Waals surface area contributed by atoms with Gasteiger partial charge in [0.1, 0.15) is 0 Å². The lowest BCUT2D eigenvalue weighted by Gasteiger charge is -2.35. The van der Waals surface area contributed by atoms with Crippen LogP contribution in [0.3, 0.4) is 0 Å². The lowest BCUT2D eigenvalue weighted by Crippen LogP contribution is -2.63. The van der Waals surface area contributed by atoms with Crippen LogP contribution < -0.4 is 0 Å². The second-order valence-corrected chi connectivity index (χ2v) is 3.82. The van der Waals surface area contributed by atoms with Crippen molar-refractivity contribution in [3.8, 4) is 0 Å². The Bertz CT molecular complexity index is 472. The highest BCUT2D eigenvalue weighted by atomic mass is 19.4. The van der Waals surface area contributed by atoms with E-state index in [0.29, 0.717) is 6.92 Å². The molecule has 0 aliphatic carbocycles. The quantitative estimate of drug-likeness (QED) is 0.438. The Hall–Kier alpha value is -1.88. The number of halogens is 8. The van der Waals surface area contributed by atoms with Gasteiger partial charge < -0.3 is 9.84 Å². The van der Waals surface area contributed by atoms with E-state index in [1.165, 1.54) is 0 Å². The Morgan fingerprint density at radius 1 is 0.955 bits per heavy atom. The van der Waals surface area contributed by atoms with Gasteiger partial charge in [-0.15, -0.1) is 0 Å². The Balaban J connectivity index is 5.49. The van der Waals surface area contributed by atoms with Crippen LogP contribution in [0.4, 0.5) is 35.1 Å². The van der Waals surface area contributed by atoms with E-state index in [1.54, 1.807) is 0 Å². The molecule has 0 rings (SSSR count). The first-order valence-corrected chi connectivity index (χ1v) is 5.27. The van der Waals surface area contributed by atoms with E-state index < -0.39 is 42.2 Å². The molecule has 0 aromatic heterocycles. The molecule has 0 aromatic carbocycles. The number of hydrogen-bond acceptors (Lipinski definition) is 3. The zero-order valence-corrected chi connectivity index (χ0v) is 10.6. The average Bonchev–Trinajstić information content (AvgIpc) is 2.35. The molecule has 0 spiro atoms. The minimum atomic E-state index is -6.74. The summed E-state index contributed by atoms with van der Waals surface area (Å²) in [6.45, 7) is 0.351. The normalized spacial score (nSPS) is 14.2. The van der Waals surface area contributed by atoms with Gasteiger partial charge in [-0.25, -0.2) is 9.59 Å². The number of carboxylic acid groups (broad SMARTS) is 1. The second-order valence-electron chi connectivity index (χ2n) is 3.82. The molecule has 0 atom stereocenters. The van der Waals surface area contributed by atoms with Gasteiger partial charge in [0, 0.05) is 18.6 Å². The number of rotatable bonds is 7. The summed E-state index contributed by atoms with van der Waals surface area (Å²) in [4.78, 5) is 20.6. The zero-order chi connectivity index (χ0) is 18.0. The molecule has 0 saturated heterocycles. The summed E-state index contributed by atoms with van der Waals surface area (Å²) in [7, 11) is 0. The number of carboxylic acids is 1. The van der Waals surface area contributed by atoms with Crippen molar-refractivity contribution in [2.75, 3.05) is 0 Å². The monoisotopic (exact) mass is 344 g/mol. The van der Waals surface area contributed by atoms with Crippen LogP contribution in [-0.4, -0.2) is 40.9 Å². The molecule has 0 aliphatic heterocycles. The molecule has 22 heavy (non-hydrogen) atoms. The van der Waals surface area contributed by atoms with Crippen LogP contribution in [0, 0.1) is 0 Å². The molecule has 128 valence electrons. The largest absolute Gasteiger partial charge is 0.478 e. The van der Waals surface area contributed by atoms with Gasteiger partial charge in [0.2, 0.25) is 0 Å². The van der Waals surface area contributed by atoms with E-state index in [2.05, 4.69) is 4.74 Å². The maximum Gasteiger partial charge on any atom is 0.473 e. The van der Waals surface area contributed by atoms with Crippen molar-refractivity contribution in [1.29, 1.82) is 0 Å². The first-order chi connectivity index (χ1) is 9.62. The lowest BCUT2D eigenvalue weighted by atomic mass is 10.0. The Morgan fingerprint density at radius 3 is 1.77 bits per heavy atom. The summed E-state index contributed by atoms with van der Waals surface area (Å²) in [5.74, 6) is -23.1. The molecule has 12 heteroatoms. The maximum atomic E-state index is 13.0. The van der Waals surface area contributed by atoms with Crippen molar-refractivity contribution >= 4 is 11.9 Å². The molecule has 0 amide bonds. The summed E-state index contributed by atoms with van der Waals surface area (Å²) in [5, 5.41) is 8.04. The molecule has 1 N–H and O–H groups in total. The van der Waals surface area contributed by atoms with Gasteiger partial charge in [0.05, 0.1) is 0 Å². The molecule has 0 heterocycles. The third-order valence-corrected chi connectivity index (χ3v) is 2.25. The minimum absolute atomic E-state index is 0.116. The van der Waals surface area contributed by atoms with E-state index in [-0.39, 0.29) is 12.2 Å². The van der Waals surface area contributed by atoms with Gasteiger partial charge in [-0.1, -0.05) is 6.92 Å². The molecule has 4 nitrogen and oxygen atoms in total. The van der Waals surface area contributed by atoms with Crippen LogP contribution in [0.2, 0.25) is 0 Å². The number of alkyl halides is 8. The molecular formula is C10H8F8O4. The van der Waals surface area contributed by atoms with Crippen LogP contribution in [-0.2, 0) is 14.3 Å². The van der Waals surface area contributed by atoms with Crippen molar-refractivity contribution in [2.24, 2.45) is 0 Å². The molecule has 0 aliphatic rings. The van der Waals surface area contributed by atoms with Gasteiger partial charge in [-0.05, 0) is 0 Å². The lowest BCUT2D eigenvalue weighted by molar-refractivity contribution is -0.416. The average molecular weight is 344 g/mol. The molecule has 0 radical (unpaired) electrons. The highest BCUT2D eigenvalue weighted by molar-refractivity contribution is 5.90. The minimum Gasteiger partial charge on any atom is -0.478 e. The smallest absolute Gasteiger partial charge is 0.473 e. The Kier molecular flexibility index (Phi) is 5.56. The van der Waals surface area contributed by atoms with Crippen molar-refractivity contribution in [3.05, 3.63) is 12.2 Å². The SMILES string of the molecule is CCC(F)(F)C(F)(F)C(F)(F)C(F)(F)OC(=O)/C=C/C(=O)O. The number of ether oxygens (including phenoxy) is 1. The first-order valence-electron chi connectivity index (χ1n) is 5.27. The Labute approximate surface area is 117 Å². The third-order valence-electron chi connectivity index (χ3n) is 2.25. The van der Waals surface area contributed by atoms with Crippen molar-refractivity contribution < 1.29 is 54.6 Å². The standard InChI is InChI=1S/C10H8F8O4/c1-2-7(11,12)8(13,14)9(15,16)10(17,18)22-6(21)4-3-5(19)20/h3-4H,2H2,1H3,(H,19,20)/b4-3+. The fraction of sp³-hybridized carbons (Fsp3) is 0.600. The highest BCUT2D eigenvalue weighted by Crippen LogP contribution is 2.53. The predicted molar refractivity (Wildman–Crippen MR) is 52.9 cm³/mol. The first kappa shape index (κ1) is 20.1. The molecule has 0 unspecified atom stereocenters. The van der Waals surface area contributed by atoms with Gasteiger partial charge in [-0.2, -0.15) is 35.1 Å². The second kappa shape index (κ2) is 6.08. The molecule has 0 aromatic rings. The van der Waals surface area contributed by atoms with Gasteiger partial charge in [0.25, 0.3) is 0 Å². The van der Waals surface area contributed by atoms with E-state index in [0.717, 1.165) is 0 Å². The van der Waals surface area contributed by atoms with Crippen LogP contribution >= 0.6 is 0 Å². The van der Waals surface area contributed by atoms with Crippen molar-refractivity contribution in [2.45, 2.75) is 37.2 Å². The summed E-state index contributed by atoms with van der Waals surface area (Å²) >= 11 is 0. The van der Waals surface area contributed by atoms with Crippen LogP contribution in [0.5, 0.6) is 0 Å². The predicted octanol–water partition coefficient (Wildman–Crippen LogP) is 3.08. The number of carbonyl (C=O) groups excluding carboxylic acids is 1. The van der Waals surface area contributed by atoms with Gasteiger partial charge in [0.15, 0.2) is 0 Å². The number of hydrogen-bond donors (Lipinski definition) is 1. The topological polar surface area (TPSA) is 63.6 Å². The molecular weight excluding hydrogens is 336 g/mol. The van der Waals surface area contributed by atoms with Crippen LogP contribution in [0.15, 0.2) is 12.2 Å². The highest BCUT2D eigenvalue weighted by Gasteiger charge is 2.82. The summed E-state index contributed by atoms with van der Waals surface area (Å²) < 4.78 is 106. The fourth-order valence-corrected chi connectivity index (χ4v) is 0.998. The fourth-order valence-electron chi connectivity index (χ4n) is 0.998. The van der Waals surface area contributed by atoms with E-state index in [9.17, 15) is 44.7 Å². The molecule has 0 bridgehead atoms. The number of esters is 1. The van der Waals surface area contributed by atoms with Crippen molar-refractivity contribution in [3.63, 3.8) is 0 Å². The molecule has 0 fully saturated rings. The summed E-state index contributed by atoms with van der Waals surface area (Å²) in [5.41, 5.74) is 0. The van der Waals surface area contributed by atoms with Crippen LogP contribution in [0.1, 0.15) is 13.3 Å². The van der Waals surface area contributed by atoms with Crippen LogP contribution in [0.25, 0.3) is 0 Å². The van der Waals surface area contributed by atoms with E-state index in [1.807, 2.05) is 0 Å². The van der Waals surface area contributed by atoms with E-state index in [4.69, 9.17) is 5.11 Å². The third kappa shape index (κ3) is 3.65. The Morgan fingerprint density at radius 2 is 1.41 bits per heavy atom. The summed E-state index contributed by atoms with van der Waals surface area (Å²) in [6.07, 6.45) is -8.61. The summed E-state index contributed by atoms with van der Waals surface area (Å²) in [6, 6.07) is 0.